The fourth-order valence-electron chi connectivity index (χ4n) is 3.08. The molecule has 0 spiro atoms. The van der Waals surface area contributed by atoms with Crippen LogP contribution in [0.1, 0.15) is 40.1 Å². The monoisotopic (exact) mass is 430 g/mol. The highest BCUT2D eigenvalue weighted by molar-refractivity contribution is 7.91. The van der Waals surface area contributed by atoms with Crippen LogP contribution < -0.4 is 11.1 Å². The van der Waals surface area contributed by atoms with Crippen LogP contribution in [0.3, 0.4) is 0 Å². The minimum atomic E-state index is -4.04. The number of carbonyl (C=O) groups excluding carboxylic acids is 4. The van der Waals surface area contributed by atoms with E-state index < -0.39 is 45.5 Å². The molecule has 156 valence electrons. The highest BCUT2D eigenvalue weighted by Gasteiger charge is 2.35. The summed E-state index contributed by atoms with van der Waals surface area (Å²) in [4.78, 5) is 47.7. The predicted molar refractivity (Wildman–Crippen MR) is 104 cm³/mol. The molecule has 1 atom stereocenters. The van der Waals surface area contributed by atoms with Crippen molar-refractivity contribution >= 4 is 33.5 Å². The molecule has 3 amide bonds. The number of primary amides is 1. The lowest BCUT2D eigenvalue weighted by molar-refractivity contribution is -0.130. The van der Waals surface area contributed by atoms with E-state index in [0.717, 1.165) is 6.07 Å². The molecule has 3 N–H and O–H groups in total. The summed E-state index contributed by atoms with van der Waals surface area (Å²) < 4.78 is 31.1. The van der Waals surface area contributed by atoms with Crippen molar-refractivity contribution in [2.45, 2.75) is 29.7 Å². The third-order valence-electron chi connectivity index (χ3n) is 4.52. The lowest BCUT2D eigenvalue weighted by atomic mass is 10.0. The molecular formula is C20H18N2O7S. The molecule has 1 heterocycles. The molecular weight excluding hydrogens is 412 g/mol. The highest BCUT2D eigenvalue weighted by Crippen LogP contribution is 2.34. The quantitative estimate of drug-likeness (QED) is 0.595. The Morgan fingerprint density at radius 1 is 1.00 bits per heavy atom. The standard InChI is InChI=1S/C20H18N2O7S/c1-10(2)17(18(24)22-20(21)26)29-19(25)11-7-8-13-15(9-11)30(27,28)14-6-4-3-5-12(14)16(13)23/h3-10,17H,1-2H3,(H3,21,22,24,26)/t17-/m0/s1. The van der Waals surface area contributed by atoms with Crippen LogP contribution in [-0.4, -0.2) is 38.2 Å². The number of sulfone groups is 1. The number of ether oxygens (including phenoxy) is 1. The summed E-state index contributed by atoms with van der Waals surface area (Å²) in [5.41, 5.74) is 4.76. The second-order valence-electron chi connectivity index (χ2n) is 6.96. The number of hydrogen-bond donors (Lipinski definition) is 2. The fraction of sp³-hybridized carbons (Fsp3) is 0.200. The minimum absolute atomic E-state index is 0.0582. The zero-order chi connectivity index (χ0) is 22.2. The number of ketones is 1. The van der Waals surface area contributed by atoms with Gasteiger partial charge in [-0.05, 0) is 36.2 Å². The molecule has 0 aromatic heterocycles. The SMILES string of the molecule is CC(C)[C@H](OC(=O)c1ccc2c(c1)S(=O)(=O)c1ccccc1C2=O)C(=O)NC(N)=O. The van der Waals surface area contributed by atoms with E-state index in [9.17, 15) is 27.6 Å². The van der Waals surface area contributed by atoms with E-state index in [2.05, 4.69) is 0 Å². The van der Waals surface area contributed by atoms with Crippen LogP contribution in [0.5, 0.6) is 0 Å². The first-order valence-electron chi connectivity index (χ1n) is 8.88. The van der Waals surface area contributed by atoms with Gasteiger partial charge in [-0.3, -0.25) is 14.9 Å². The van der Waals surface area contributed by atoms with Crippen LogP contribution in [0.25, 0.3) is 0 Å². The van der Waals surface area contributed by atoms with Crippen molar-refractivity contribution in [2.75, 3.05) is 0 Å². The first-order valence-corrected chi connectivity index (χ1v) is 10.4. The molecule has 2 aromatic rings. The van der Waals surface area contributed by atoms with E-state index in [4.69, 9.17) is 10.5 Å². The van der Waals surface area contributed by atoms with Crippen molar-refractivity contribution in [1.29, 1.82) is 0 Å². The largest absolute Gasteiger partial charge is 0.448 e. The smallest absolute Gasteiger partial charge is 0.338 e. The van der Waals surface area contributed by atoms with Crippen LogP contribution in [0, 0.1) is 5.92 Å². The number of fused-ring (bicyclic) bond motifs is 2. The summed E-state index contributed by atoms with van der Waals surface area (Å²) in [6.45, 7) is 3.18. The zero-order valence-electron chi connectivity index (χ0n) is 16.0. The lowest BCUT2D eigenvalue weighted by Crippen LogP contribution is -2.45. The molecule has 0 saturated heterocycles. The van der Waals surface area contributed by atoms with E-state index >= 15 is 0 Å². The van der Waals surface area contributed by atoms with Crippen molar-refractivity contribution < 1.29 is 32.3 Å². The second kappa shape index (κ2) is 7.71. The molecule has 1 aliphatic rings. The van der Waals surface area contributed by atoms with Crippen molar-refractivity contribution in [3.05, 3.63) is 59.2 Å². The molecule has 9 nitrogen and oxygen atoms in total. The third kappa shape index (κ3) is 3.69. The van der Waals surface area contributed by atoms with E-state index in [1.165, 1.54) is 30.3 Å². The van der Waals surface area contributed by atoms with E-state index in [1.54, 1.807) is 19.9 Å². The maximum atomic E-state index is 13.0. The Bertz CT molecular complexity index is 1190. The minimum Gasteiger partial charge on any atom is -0.448 e. The first-order chi connectivity index (χ1) is 14.0. The number of benzene rings is 2. The van der Waals surface area contributed by atoms with Crippen molar-refractivity contribution in [3.8, 4) is 0 Å². The number of amides is 3. The summed E-state index contributed by atoms with van der Waals surface area (Å²) in [5, 5.41) is 1.84. The fourth-order valence-corrected chi connectivity index (χ4v) is 4.76. The van der Waals surface area contributed by atoms with Gasteiger partial charge in [-0.2, -0.15) is 0 Å². The Hall–Kier alpha value is -3.53. The van der Waals surface area contributed by atoms with E-state index in [-0.39, 0.29) is 26.5 Å². The molecule has 1 aliphatic heterocycles. The van der Waals surface area contributed by atoms with Gasteiger partial charge >= 0.3 is 12.0 Å². The molecule has 3 rings (SSSR count). The maximum Gasteiger partial charge on any atom is 0.338 e. The molecule has 0 unspecified atom stereocenters. The number of rotatable bonds is 4. The number of imide groups is 1. The van der Waals surface area contributed by atoms with Crippen molar-refractivity contribution in [3.63, 3.8) is 0 Å². The van der Waals surface area contributed by atoms with Gasteiger partial charge in [-0.1, -0.05) is 26.0 Å². The van der Waals surface area contributed by atoms with Crippen LogP contribution in [0.15, 0.2) is 52.3 Å². The number of nitrogens with one attached hydrogen (secondary N) is 1. The Morgan fingerprint density at radius 3 is 2.27 bits per heavy atom. The molecule has 10 heteroatoms. The highest BCUT2D eigenvalue weighted by atomic mass is 32.2. The summed E-state index contributed by atoms with van der Waals surface area (Å²) in [6, 6.07) is 8.22. The first kappa shape index (κ1) is 21.2. The molecule has 0 fully saturated rings. The summed E-state index contributed by atoms with van der Waals surface area (Å²) >= 11 is 0. The van der Waals surface area contributed by atoms with E-state index in [0.29, 0.717) is 0 Å². The molecule has 30 heavy (non-hydrogen) atoms. The second-order valence-corrected chi connectivity index (χ2v) is 8.85. The molecule has 0 saturated carbocycles. The Labute approximate surface area is 172 Å². The Balaban J connectivity index is 1.97. The molecule has 0 aliphatic carbocycles. The Morgan fingerprint density at radius 2 is 1.63 bits per heavy atom. The summed E-state index contributed by atoms with van der Waals surface area (Å²) in [7, 11) is -4.04. The van der Waals surface area contributed by atoms with Gasteiger partial charge in [0.2, 0.25) is 9.84 Å². The van der Waals surface area contributed by atoms with Gasteiger partial charge in [0.25, 0.3) is 5.91 Å². The summed E-state index contributed by atoms with van der Waals surface area (Å²) in [6.07, 6.45) is -1.33. The van der Waals surface area contributed by atoms with Gasteiger partial charge in [0, 0.05) is 11.1 Å². The average Bonchev–Trinajstić information content (AvgIpc) is 2.69. The predicted octanol–water partition coefficient (Wildman–Crippen LogP) is 1.44. The van der Waals surface area contributed by atoms with Gasteiger partial charge in [0.1, 0.15) is 0 Å². The number of urea groups is 1. The normalized spacial score (nSPS) is 15.0. The Kier molecular flexibility index (Phi) is 5.45. The van der Waals surface area contributed by atoms with Crippen molar-refractivity contribution in [1.82, 2.24) is 5.32 Å². The zero-order valence-corrected chi connectivity index (χ0v) is 16.9. The number of esters is 1. The number of hydrogen-bond acceptors (Lipinski definition) is 7. The number of carbonyl (C=O) groups is 4. The maximum absolute atomic E-state index is 13.0. The average molecular weight is 430 g/mol. The third-order valence-corrected chi connectivity index (χ3v) is 6.37. The van der Waals surface area contributed by atoms with E-state index in [1.807, 2.05) is 5.32 Å². The van der Waals surface area contributed by atoms with Crippen molar-refractivity contribution in [2.24, 2.45) is 11.7 Å². The lowest BCUT2D eigenvalue weighted by Gasteiger charge is -2.21. The van der Waals surface area contributed by atoms with Gasteiger partial charge < -0.3 is 10.5 Å². The van der Waals surface area contributed by atoms with Gasteiger partial charge in [-0.15, -0.1) is 0 Å². The topological polar surface area (TPSA) is 150 Å². The van der Waals surface area contributed by atoms with Crippen LogP contribution >= 0.6 is 0 Å². The van der Waals surface area contributed by atoms with Gasteiger partial charge in [-0.25, -0.2) is 18.0 Å². The molecule has 0 radical (unpaired) electrons. The summed E-state index contributed by atoms with van der Waals surface area (Å²) in [5.74, 6) is -2.86. The molecule has 0 bridgehead atoms. The van der Waals surface area contributed by atoms with Crippen LogP contribution in [0.2, 0.25) is 0 Å². The van der Waals surface area contributed by atoms with Gasteiger partial charge in [0.15, 0.2) is 11.9 Å². The van der Waals surface area contributed by atoms with Crippen LogP contribution in [0.4, 0.5) is 4.79 Å². The van der Waals surface area contributed by atoms with Gasteiger partial charge in [0.05, 0.1) is 15.4 Å². The number of nitrogens with two attached hydrogens (primary N) is 1. The van der Waals surface area contributed by atoms with Crippen LogP contribution in [-0.2, 0) is 19.4 Å². The molecule has 2 aromatic carbocycles.